The molecular formula is C12H12N2O3. The molecule has 0 aliphatic rings. The van der Waals surface area contributed by atoms with E-state index in [9.17, 15) is 9.59 Å². The van der Waals surface area contributed by atoms with Crippen LogP contribution in [0.4, 0.5) is 0 Å². The molecule has 0 bridgehead atoms. The second kappa shape index (κ2) is 4.69. The van der Waals surface area contributed by atoms with Gasteiger partial charge in [-0.15, -0.1) is 0 Å². The number of nitrogens with one attached hydrogen (secondary N) is 2. The molecule has 0 aliphatic heterocycles. The van der Waals surface area contributed by atoms with Crippen molar-refractivity contribution in [2.75, 3.05) is 0 Å². The third-order valence-corrected chi connectivity index (χ3v) is 2.67. The first-order valence-corrected chi connectivity index (χ1v) is 5.20. The first kappa shape index (κ1) is 11.2. The number of carbonyl (C=O) groups is 2. The molecule has 1 aromatic carbocycles. The maximum Gasteiger partial charge on any atom is 0.326 e. The monoisotopic (exact) mass is 232 g/mol. The second-order valence-electron chi connectivity index (χ2n) is 3.74. The molecule has 0 saturated heterocycles. The van der Waals surface area contributed by atoms with Gasteiger partial charge in [0.25, 0.3) is 0 Å². The first-order valence-electron chi connectivity index (χ1n) is 5.20. The van der Waals surface area contributed by atoms with Gasteiger partial charge in [-0.1, -0.05) is 18.2 Å². The highest BCUT2D eigenvalue weighted by atomic mass is 16.4. The molecule has 17 heavy (non-hydrogen) atoms. The largest absolute Gasteiger partial charge is 0.480 e. The van der Waals surface area contributed by atoms with Crippen LogP contribution in [-0.2, 0) is 16.0 Å². The van der Waals surface area contributed by atoms with E-state index < -0.39 is 12.0 Å². The molecule has 0 spiro atoms. The number of benzene rings is 1. The lowest BCUT2D eigenvalue weighted by Crippen LogP contribution is -2.37. The van der Waals surface area contributed by atoms with Crippen LogP contribution in [-0.4, -0.2) is 28.5 Å². The maximum absolute atomic E-state index is 10.9. The van der Waals surface area contributed by atoms with Crippen LogP contribution in [0, 0.1) is 0 Å². The summed E-state index contributed by atoms with van der Waals surface area (Å²) < 4.78 is 0. The molecule has 0 radical (unpaired) electrons. The van der Waals surface area contributed by atoms with E-state index >= 15 is 0 Å². The molecule has 0 aliphatic carbocycles. The minimum Gasteiger partial charge on any atom is -0.480 e. The van der Waals surface area contributed by atoms with Crippen molar-refractivity contribution in [3.63, 3.8) is 0 Å². The molecule has 0 fully saturated rings. The summed E-state index contributed by atoms with van der Waals surface area (Å²) in [5.74, 6) is -1.04. The molecule has 1 atom stereocenters. The number of aromatic amines is 1. The van der Waals surface area contributed by atoms with Crippen LogP contribution in [0.25, 0.3) is 10.9 Å². The van der Waals surface area contributed by atoms with Gasteiger partial charge in [0, 0.05) is 23.5 Å². The van der Waals surface area contributed by atoms with Gasteiger partial charge >= 0.3 is 5.97 Å². The number of carbonyl (C=O) groups excluding carboxylic acids is 1. The highest BCUT2D eigenvalue weighted by molar-refractivity contribution is 5.84. The van der Waals surface area contributed by atoms with Crippen LogP contribution >= 0.6 is 0 Å². The summed E-state index contributed by atoms with van der Waals surface area (Å²) >= 11 is 0. The normalized spacial score (nSPS) is 12.2. The molecule has 88 valence electrons. The predicted octanol–water partition coefficient (Wildman–Crippen LogP) is 0.910. The molecule has 2 aromatic rings. The van der Waals surface area contributed by atoms with Gasteiger partial charge in [-0.3, -0.25) is 4.79 Å². The Labute approximate surface area is 97.4 Å². The summed E-state index contributed by atoms with van der Waals surface area (Å²) in [5.41, 5.74) is 1.83. The first-order chi connectivity index (χ1) is 8.22. The van der Waals surface area contributed by atoms with E-state index in [2.05, 4.69) is 10.3 Å². The number of carboxylic acids is 1. The van der Waals surface area contributed by atoms with Gasteiger partial charge < -0.3 is 15.4 Å². The lowest BCUT2D eigenvalue weighted by Gasteiger charge is -2.09. The molecule has 3 N–H and O–H groups in total. The smallest absolute Gasteiger partial charge is 0.326 e. The van der Waals surface area contributed by atoms with Crippen LogP contribution in [0.1, 0.15) is 5.56 Å². The van der Waals surface area contributed by atoms with Crippen molar-refractivity contribution in [3.8, 4) is 0 Å². The molecule has 0 saturated carbocycles. The van der Waals surface area contributed by atoms with Crippen molar-refractivity contribution in [1.29, 1.82) is 0 Å². The second-order valence-corrected chi connectivity index (χ2v) is 3.74. The van der Waals surface area contributed by atoms with E-state index in [0.717, 1.165) is 16.5 Å². The van der Waals surface area contributed by atoms with Crippen LogP contribution < -0.4 is 5.32 Å². The number of fused-ring (bicyclic) bond motifs is 1. The average Bonchev–Trinajstić information content (AvgIpc) is 2.72. The van der Waals surface area contributed by atoms with Crippen LogP contribution in [0.15, 0.2) is 30.5 Å². The van der Waals surface area contributed by atoms with Crippen molar-refractivity contribution in [1.82, 2.24) is 10.3 Å². The zero-order valence-electron chi connectivity index (χ0n) is 9.01. The van der Waals surface area contributed by atoms with Crippen LogP contribution in [0.3, 0.4) is 0 Å². The lowest BCUT2D eigenvalue weighted by molar-refractivity contribution is -0.140. The molecule has 5 nitrogen and oxygen atoms in total. The summed E-state index contributed by atoms with van der Waals surface area (Å²) in [6.45, 7) is 0. The minimum absolute atomic E-state index is 0.262. The number of aromatic nitrogens is 1. The third-order valence-electron chi connectivity index (χ3n) is 2.67. The van der Waals surface area contributed by atoms with Gasteiger partial charge in [0.05, 0.1) is 0 Å². The molecule has 1 amide bonds. The SMILES string of the molecule is O=CN[C@H](Cc1c[nH]c2ccccc12)C(=O)O. The molecule has 1 heterocycles. The fourth-order valence-corrected chi connectivity index (χ4v) is 1.82. The number of aliphatic carboxylic acids is 1. The number of hydrogen-bond acceptors (Lipinski definition) is 2. The number of hydrogen-bond donors (Lipinski definition) is 3. The average molecular weight is 232 g/mol. The van der Waals surface area contributed by atoms with E-state index in [1.54, 1.807) is 6.20 Å². The van der Waals surface area contributed by atoms with Gasteiger partial charge in [-0.05, 0) is 11.6 Å². The maximum atomic E-state index is 10.9. The molecule has 1 aromatic heterocycles. The number of carboxylic acid groups (broad SMARTS) is 1. The van der Waals surface area contributed by atoms with Gasteiger partial charge in [0.2, 0.25) is 6.41 Å². The number of amides is 1. The van der Waals surface area contributed by atoms with Crippen molar-refractivity contribution in [2.45, 2.75) is 12.5 Å². The van der Waals surface area contributed by atoms with Crippen molar-refractivity contribution in [3.05, 3.63) is 36.0 Å². The van der Waals surface area contributed by atoms with E-state index in [-0.39, 0.29) is 6.42 Å². The molecule has 2 rings (SSSR count). The summed E-state index contributed by atoms with van der Waals surface area (Å²) in [5, 5.41) is 12.2. The molecular weight excluding hydrogens is 220 g/mol. The van der Waals surface area contributed by atoms with Gasteiger partial charge in [-0.2, -0.15) is 0 Å². The number of rotatable bonds is 5. The topological polar surface area (TPSA) is 82.2 Å². The Kier molecular flexibility index (Phi) is 3.09. The third kappa shape index (κ3) is 2.28. The summed E-state index contributed by atoms with van der Waals surface area (Å²) in [7, 11) is 0. The van der Waals surface area contributed by atoms with Crippen LogP contribution in [0.5, 0.6) is 0 Å². The van der Waals surface area contributed by atoms with Gasteiger partial charge in [-0.25, -0.2) is 4.79 Å². The summed E-state index contributed by atoms with van der Waals surface area (Å²) in [4.78, 5) is 24.3. The Morgan fingerprint density at radius 1 is 1.47 bits per heavy atom. The van der Waals surface area contributed by atoms with E-state index in [0.29, 0.717) is 6.41 Å². The fourth-order valence-electron chi connectivity index (χ4n) is 1.82. The van der Waals surface area contributed by atoms with Crippen molar-refractivity contribution < 1.29 is 14.7 Å². The van der Waals surface area contributed by atoms with Gasteiger partial charge in [0.15, 0.2) is 0 Å². The summed E-state index contributed by atoms with van der Waals surface area (Å²) in [6, 6.07) is 6.73. The van der Waals surface area contributed by atoms with Gasteiger partial charge in [0.1, 0.15) is 6.04 Å². The van der Waals surface area contributed by atoms with E-state index in [4.69, 9.17) is 5.11 Å². The highest BCUT2D eigenvalue weighted by Gasteiger charge is 2.18. The Bertz CT molecular complexity index is 547. The summed E-state index contributed by atoms with van der Waals surface area (Å²) in [6.07, 6.45) is 2.44. The Morgan fingerprint density at radius 3 is 2.94 bits per heavy atom. The molecule has 5 heteroatoms. The Balaban J connectivity index is 2.28. The number of H-pyrrole nitrogens is 1. The standard InChI is InChI=1S/C12H12N2O3/c15-7-14-11(12(16)17)5-8-6-13-10-4-2-1-3-9(8)10/h1-4,6-7,11,13H,5H2,(H,14,15)(H,16,17)/t11-/m1/s1. The van der Waals surface area contributed by atoms with E-state index in [1.165, 1.54) is 0 Å². The zero-order chi connectivity index (χ0) is 12.3. The van der Waals surface area contributed by atoms with Crippen LogP contribution in [0.2, 0.25) is 0 Å². The van der Waals surface area contributed by atoms with E-state index in [1.807, 2.05) is 24.3 Å². The molecule has 0 unspecified atom stereocenters. The van der Waals surface area contributed by atoms with Crippen molar-refractivity contribution >= 4 is 23.3 Å². The lowest BCUT2D eigenvalue weighted by atomic mass is 10.1. The Morgan fingerprint density at radius 2 is 2.24 bits per heavy atom. The fraction of sp³-hybridized carbons (Fsp3) is 0.167. The highest BCUT2D eigenvalue weighted by Crippen LogP contribution is 2.18. The minimum atomic E-state index is -1.04. The van der Waals surface area contributed by atoms with Crippen molar-refractivity contribution in [2.24, 2.45) is 0 Å². The predicted molar refractivity (Wildman–Crippen MR) is 62.6 cm³/mol. The zero-order valence-corrected chi connectivity index (χ0v) is 9.01. The Hall–Kier alpha value is -2.30. The number of para-hydroxylation sites is 1. The quantitative estimate of drug-likeness (QED) is 0.670.